The van der Waals surface area contributed by atoms with E-state index in [4.69, 9.17) is 11.6 Å². The summed E-state index contributed by atoms with van der Waals surface area (Å²) in [5.41, 5.74) is 0. The number of nitrogens with zero attached hydrogens (tertiary/aromatic N) is 3. The van der Waals surface area contributed by atoms with E-state index in [0.29, 0.717) is 11.2 Å². The molecule has 2 rings (SSSR count). The highest BCUT2D eigenvalue weighted by Crippen LogP contribution is 2.25. The fourth-order valence-corrected chi connectivity index (χ4v) is 2.47. The lowest BCUT2D eigenvalue weighted by molar-refractivity contribution is 0.542. The van der Waals surface area contributed by atoms with Gasteiger partial charge in [0.1, 0.15) is 17.3 Å². The highest BCUT2D eigenvalue weighted by molar-refractivity contribution is 6.29. The van der Waals surface area contributed by atoms with Crippen LogP contribution in [-0.2, 0) is 0 Å². The Morgan fingerprint density at radius 2 is 2.12 bits per heavy atom. The molecule has 1 aliphatic heterocycles. The zero-order valence-corrected chi connectivity index (χ0v) is 10.6. The predicted octanol–water partition coefficient (Wildman–Crippen LogP) is 3.14. The third kappa shape index (κ3) is 2.64. The maximum absolute atomic E-state index is 5.91. The molecule has 0 aromatic carbocycles. The molecule has 0 unspecified atom stereocenters. The van der Waals surface area contributed by atoms with Gasteiger partial charge in [0.15, 0.2) is 0 Å². The fourth-order valence-electron chi connectivity index (χ4n) is 2.33. The van der Waals surface area contributed by atoms with Crippen molar-refractivity contribution >= 4 is 17.4 Å². The van der Waals surface area contributed by atoms with Crippen LogP contribution < -0.4 is 4.90 Å². The van der Waals surface area contributed by atoms with E-state index in [9.17, 15) is 0 Å². The fraction of sp³-hybridized carbons (Fsp3) is 0.667. The molecule has 2 heterocycles. The zero-order chi connectivity index (χ0) is 11.5. The second-order valence-electron chi connectivity index (χ2n) is 4.74. The van der Waals surface area contributed by atoms with E-state index in [1.54, 1.807) is 6.33 Å². The lowest BCUT2D eigenvalue weighted by Gasteiger charge is -2.29. The topological polar surface area (TPSA) is 29.0 Å². The number of anilines is 1. The Labute approximate surface area is 102 Å². The first kappa shape index (κ1) is 11.6. The van der Waals surface area contributed by atoms with Crippen LogP contribution in [0.25, 0.3) is 0 Å². The van der Waals surface area contributed by atoms with Gasteiger partial charge < -0.3 is 4.90 Å². The Kier molecular flexibility index (Phi) is 3.64. The Hall–Kier alpha value is -0.830. The van der Waals surface area contributed by atoms with Gasteiger partial charge in [-0.25, -0.2) is 9.97 Å². The highest BCUT2D eigenvalue weighted by Gasteiger charge is 2.22. The Bertz CT molecular complexity index is 356. The molecule has 0 saturated carbocycles. The molecule has 0 amide bonds. The summed E-state index contributed by atoms with van der Waals surface area (Å²) in [4.78, 5) is 10.6. The minimum absolute atomic E-state index is 0.522. The zero-order valence-electron chi connectivity index (χ0n) is 9.86. The quantitative estimate of drug-likeness (QED) is 0.705. The summed E-state index contributed by atoms with van der Waals surface area (Å²) in [5.74, 6) is 1.68. The average Bonchev–Trinajstić information content (AvgIpc) is 2.41. The minimum Gasteiger partial charge on any atom is -0.354 e. The molecule has 3 nitrogen and oxygen atoms in total. The monoisotopic (exact) mass is 239 g/mol. The molecule has 1 aromatic rings. The maximum Gasteiger partial charge on any atom is 0.134 e. The number of rotatable bonds is 1. The van der Waals surface area contributed by atoms with Gasteiger partial charge in [0.25, 0.3) is 0 Å². The summed E-state index contributed by atoms with van der Waals surface area (Å²) in [7, 11) is 0. The first-order chi connectivity index (χ1) is 7.66. The molecule has 1 aliphatic rings. The van der Waals surface area contributed by atoms with Crippen LogP contribution in [0.4, 0.5) is 5.82 Å². The number of aromatic nitrogens is 2. The van der Waals surface area contributed by atoms with Gasteiger partial charge in [-0.3, -0.25) is 0 Å². The van der Waals surface area contributed by atoms with Crippen molar-refractivity contribution < 1.29 is 0 Å². The van der Waals surface area contributed by atoms with E-state index in [2.05, 4.69) is 28.7 Å². The summed E-state index contributed by atoms with van der Waals surface area (Å²) in [6.45, 7) is 5.62. The molecule has 1 aromatic heterocycles. The van der Waals surface area contributed by atoms with Crippen LogP contribution in [0.1, 0.15) is 33.1 Å². The second kappa shape index (κ2) is 5.00. The van der Waals surface area contributed by atoms with Gasteiger partial charge in [0.2, 0.25) is 0 Å². The van der Waals surface area contributed by atoms with Crippen molar-refractivity contribution in [2.75, 3.05) is 11.4 Å². The maximum atomic E-state index is 5.91. The first-order valence-corrected chi connectivity index (χ1v) is 6.29. The van der Waals surface area contributed by atoms with E-state index < -0.39 is 0 Å². The van der Waals surface area contributed by atoms with Crippen molar-refractivity contribution in [2.24, 2.45) is 5.92 Å². The SMILES string of the molecule is C[C@@H]1CCC[C@H](C)N(c2cc(Cl)ncn2)C1. The summed E-state index contributed by atoms with van der Waals surface area (Å²) in [5, 5.41) is 0.522. The van der Waals surface area contributed by atoms with Crippen LogP contribution in [-0.4, -0.2) is 22.6 Å². The van der Waals surface area contributed by atoms with E-state index >= 15 is 0 Å². The summed E-state index contributed by atoms with van der Waals surface area (Å²) < 4.78 is 0. The molecule has 4 heteroatoms. The minimum atomic E-state index is 0.522. The average molecular weight is 240 g/mol. The van der Waals surface area contributed by atoms with Crippen LogP contribution >= 0.6 is 11.6 Å². The standard InChI is InChI=1S/C12H18ClN3/c1-9-4-3-5-10(2)16(7-9)12-6-11(13)14-8-15-12/h6,8-10H,3-5,7H2,1-2H3/t9-,10+/m1/s1. The summed E-state index contributed by atoms with van der Waals surface area (Å²) in [6.07, 6.45) is 5.38. The van der Waals surface area contributed by atoms with Crippen molar-refractivity contribution in [1.29, 1.82) is 0 Å². The smallest absolute Gasteiger partial charge is 0.134 e. The van der Waals surface area contributed by atoms with E-state index in [-0.39, 0.29) is 0 Å². The Morgan fingerprint density at radius 1 is 1.31 bits per heavy atom. The van der Waals surface area contributed by atoms with Gasteiger partial charge in [0, 0.05) is 18.7 Å². The van der Waals surface area contributed by atoms with Crippen molar-refractivity contribution in [3.05, 3.63) is 17.5 Å². The van der Waals surface area contributed by atoms with Crippen LogP contribution in [0, 0.1) is 5.92 Å². The number of halogens is 1. The molecule has 0 aliphatic carbocycles. The van der Waals surface area contributed by atoms with Crippen molar-refractivity contribution in [2.45, 2.75) is 39.2 Å². The van der Waals surface area contributed by atoms with Gasteiger partial charge in [-0.15, -0.1) is 0 Å². The number of hydrogen-bond acceptors (Lipinski definition) is 3. The van der Waals surface area contributed by atoms with Gasteiger partial charge in [-0.05, 0) is 25.7 Å². The van der Waals surface area contributed by atoms with Crippen molar-refractivity contribution in [1.82, 2.24) is 9.97 Å². The summed E-state index contributed by atoms with van der Waals surface area (Å²) in [6, 6.07) is 2.40. The molecule has 2 atom stereocenters. The van der Waals surface area contributed by atoms with Crippen LogP contribution in [0.2, 0.25) is 5.15 Å². The van der Waals surface area contributed by atoms with E-state index in [1.807, 2.05) is 6.07 Å². The molecule has 0 spiro atoms. The van der Waals surface area contributed by atoms with Crippen LogP contribution in [0.3, 0.4) is 0 Å². The first-order valence-electron chi connectivity index (χ1n) is 5.91. The molecule has 0 radical (unpaired) electrons. The van der Waals surface area contributed by atoms with Gasteiger partial charge in [-0.1, -0.05) is 24.9 Å². The second-order valence-corrected chi connectivity index (χ2v) is 5.12. The molecule has 0 N–H and O–H groups in total. The van der Waals surface area contributed by atoms with E-state index in [1.165, 1.54) is 19.3 Å². The third-order valence-electron chi connectivity index (χ3n) is 3.27. The molecular formula is C12H18ClN3. The van der Waals surface area contributed by atoms with Gasteiger partial charge in [0.05, 0.1) is 0 Å². The van der Waals surface area contributed by atoms with Crippen LogP contribution in [0.15, 0.2) is 12.4 Å². The van der Waals surface area contributed by atoms with Crippen molar-refractivity contribution in [3.63, 3.8) is 0 Å². The Morgan fingerprint density at radius 3 is 2.88 bits per heavy atom. The third-order valence-corrected chi connectivity index (χ3v) is 3.48. The molecule has 16 heavy (non-hydrogen) atoms. The molecule has 88 valence electrons. The highest BCUT2D eigenvalue weighted by atomic mass is 35.5. The lowest BCUT2D eigenvalue weighted by atomic mass is 10.1. The molecule has 0 bridgehead atoms. The Balaban J connectivity index is 2.22. The van der Waals surface area contributed by atoms with Gasteiger partial charge in [-0.2, -0.15) is 0 Å². The molecule has 1 fully saturated rings. The normalized spacial score (nSPS) is 26.6. The molecule has 1 saturated heterocycles. The molecular weight excluding hydrogens is 222 g/mol. The van der Waals surface area contributed by atoms with Crippen molar-refractivity contribution in [3.8, 4) is 0 Å². The number of hydrogen-bond donors (Lipinski definition) is 0. The lowest BCUT2D eigenvalue weighted by Crippen LogP contribution is -2.35. The van der Waals surface area contributed by atoms with E-state index in [0.717, 1.165) is 18.3 Å². The largest absolute Gasteiger partial charge is 0.354 e. The van der Waals surface area contributed by atoms with Crippen LogP contribution in [0.5, 0.6) is 0 Å². The van der Waals surface area contributed by atoms with Gasteiger partial charge >= 0.3 is 0 Å². The predicted molar refractivity (Wildman–Crippen MR) is 66.9 cm³/mol. The summed E-state index contributed by atoms with van der Waals surface area (Å²) >= 11 is 5.91.